The number of rotatable bonds is 8. The number of carboxylic acids is 1. The lowest BCUT2D eigenvalue weighted by molar-refractivity contribution is -0.144. The van der Waals surface area contributed by atoms with Crippen molar-refractivity contribution in [2.24, 2.45) is 11.8 Å². The van der Waals surface area contributed by atoms with Crippen LogP contribution in [0.15, 0.2) is 30.5 Å². The maximum Gasteiger partial charge on any atom is 0.308 e. The van der Waals surface area contributed by atoms with Crippen LogP contribution in [0.5, 0.6) is 0 Å². The molecule has 7 nitrogen and oxygen atoms in total. The van der Waals surface area contributed by atoms with Gasteiger partial charge in [0.1, 0.15) is 0 Å². The lowest BCUT2D eigenvalue weighted by Crippen LogP contribution is -2.38. The molecular formula is C20H26N2O5. The molecule has 2 heterocycles. The Balaban J connectivity index is 1.74. The monoisotopic (exact) mass is 374 g/mol. The number of carbonyl (C=O) groups is 2. The number of nitrogens with zero attached hydrogens (tertiary/aromatic N) is 1. The van der Waals surface area contributed by atoms with Crippen molar-refractivity contribution in [2.75, 3.05) is 33.5 Å². The predicted molar refractivity (Wildman–Crippen MR) is 101 cm³/mol. The Hall–Kier alpha value is -2.38. The molecule has 0 radical (unpaired) electrons. The number of fused-ring (bicyclic) bond motifs is 1. The minimum Gasteiger partial charge on any atom is -0.481 e. The van der Waals surface area contributed by atoms with Gasteiger partial charge in [0.2, 0.25) is 0 Å². The van der Waals surface area contributed by atoms with Crippen LogP contribution in [-0.2, 0) is 20.8 Å². The topological polar surface area (TPSA) is 89.8 Å². The number of aliphatic carboxylic acids is 1. The first-order valence-electron chi connectivity index (χ1n) is 9.27. The van der Waals surface area contributed by atoms with Crippen LogP contribution in [0.1, 0.15) is 23.2 Å². The summed E-state index contributed by atoms with van der Waals surface area (Å²) in [6, 6.07) is 7.69. The second-order valence-corrected chi connectivity index (χ2v) is 6.85. The summed E-state index contributed by atoms with van der Waals surface area (Å²) >= 11 is 0. The van der Waals surface area contributed by atoms with Crippen LogP contribution in [0.2, 0.25) is 0 Å². The van der Waals surface area contributed by atoms with Crippen molar-refractivity contribution in [1.29, 1.82) is 0 Å². The summed E-state index contributed by atoms with van der Waals surface area (Å²) in [5, 5.41) is 13.3. The molecule has 1 aliphatic rings. The van der Waals surface area contributed by atoms with Gasteiger partial charge in [-0.05, 0) is 24.8 Å². The van der Waals surface area contributed by atoms with Gasteiger partial charge in [-0.2, -0.15) is 0 Å². The number of carboxylic acid groups (broad SMARTS) is 1. The smallest absolute Gasteiger partial charge is 0.308 e. The fraction of sp³-hybridized carbons (Fsp3) is 0.500. The van der Waals surface area contributed by atoms with E-state index in [0.29, 0.717) is 44.8 Å². The minimum absolute atomic E-state index is 0.0274. The number of methoxy groups -OCH3 is 1. The van der Waals surface area contributed by atoms with E-state index in [-0.39, 0.29) is 18.4 Å². The highest BCUT2D eigenvalue weighted by Crippen LogP contribution is 2.25. The number of para-hydroxylation sites is 1. The molecular weight excluding hydrogens is 348 g/mol. The molecule has 1 unspecified atom stereocenters. The third kappa shape index (κ3) is 4.48. The second kappa shape index (κ2) is 9.01. The van der Waals surface area contributed by atoms with Crippen LogP contribution in [0.4, 0.5) is 0 Å². The van der Waals surface area contributed by atoms with E-state index in [1.807, 2.05) is 35.0 Å². The number of hydrogen-bond donors (Lipinski definition) is 2. The quantitative estimate of drug-likeness (QED) is 0.739. The van der Waals surface area contributed by atoms with Gasteiger partial charge in [0.05, 0.1) is 18.1 Å². The highest BCUT2D eigenvalue weighted by Gasteiger charge is 2.30. The average Bonchev–Trinajstić information content (AvgIpc) is 3.06. The fourth-order valence-corrected chi connectivity index (χ4v) is 3.67. The number of amides is 1. The number of aromatic nitrogens is 1. The zero-order valence-corrected chi connectivity index (χ0v) is 15.5. The molecule has 0 aliphatic carbocycles. The van der Waals surface area contributed by atoms with Gasteiger partial charge in [-0.3, -0.25) is 9.59 Å². The molecule has 146 valence electrons. The Morgan fingerprint density at radius 2 is 2.07 bits per heavy atom. The van der Waals surface area contributed by atoms with Gasteiger partial charge < -0.3 is 24.5 Å². The molecule has 0 bridgehead atoms. The molecule has 7 heteroatoms. The summed E-state index contributed by atoms with van der Waals surface area (Å²) in [5.74, 6) is -1.69. The largest absolute Gasteiger partial charge is 0.481 e. The molecule has 1 aromatic heterocycles. The molecule has 2 N–H and O–H groups in total. The first-order chi connectivity index (χ1) is 13.1. The van der Waals surface area contributed by atoms with E-state index in [0.717, 1.165) is 10.9 Å². The minimum atomic E-state index is -0.871. The standard InChI is InChI=1S/C20H26N2O5/c1-26-11-8-22-13-17(15-4-2-3-5-18(15)22)19(23)21-12-16(20(24)25)14-6-9-27-10-7-14/h2-5,13-14,16H,6-12H2,1H3,(H,21,23)(H,24,25). The third-order valence-corrected chi connectivity index (χ3v) is 5.20. The van der Waals surface area contributed by atoms with Crippen molar-refractivity contribution >= 4 is 22.8 Å². The van der Waals surface area contributed by atoms with Gasteiger partial charge in [-0.15, -0.1) is 0 Å². The molecule has 1 amide bonds. The summed E-state index contributed by atoms with van der Waals surface area (Å²) in [5.41, 5.74) is 1.51. The number of carbonyl (C=O) groups excluding carboxylic acids is 1. The van der Waals surface area contributed by atoms with Crippen molar-refractivity contribution in [1.82, 2.24) is 9.88 Å². The summed E-state index contributed by atoms with van der Waals surface area (Å²) in [4.78, 5) is 24.5. The molecule has 3 rings (SSSR count). The van der Waals surface area contributed by atoms with Crippen LogP contribution in [0, 0.1) is 11.8 Å². The average molecular weight is 374 g/mol. The van der Waals surface area contributed by atoms with Gasteiger partial charge in [0, 0.05) is 50.5 Å². The molecule has 1 aromatic carbocycles. The molecule has 1 atom stereocenters. The summed E-state index contributed by atoms with van der Waals surface area (Å²) < 4.78 is 12.4. The van der Waals surface area contributed by atoms with Crippen LogP contribution in [0.25, 0.3) is 10.9 Å². The summed E-state index contributed by atoms with van der Waals surface area (Å²) in [7, 11) is 1.64. The Bertz CT molecular complexity index is 795. The maximum atomic E-state index is 12.8. The summed E-state index contributed by atoms with van der Waals surface area (Å²) in [6.07, 6.45) is 3.23. The van der Waals surface area contributed by atoms with E-state index in [2.05, 4.69) is 5.32 Å². The Labute approximate surface area is 158 Å². The van der Waals surface area contributed by atoms with Gasteiger partial charge in [-0.1, -0.05) is 18.2 Å². The number of nitrogens with one attached hydrogen (secondary N) is 1. The molecule has 1 aliphatic heterocycles. The SMILES string of the molecule is COCCn1cc(C(=O)NCC(C(=O)O)C2CCOCC2)c2ccccc21. The molecule has 27 heavy (non-hydrogen) atoms. The molecule has 0 saturated carbocycles. The summed E-state index contributed by atoms with van der Waals surface area (Å²) in [6.45, 7) is 2.47. The second-order valence-electron chi connectivity index (χ2n) is 6.85. The van der Waals surface area contributed by atoms with Crippen molar-refractivity contribution in [3.8, 4) is 0 Å². The van der Waals surface area contributed by atoms with Crippen molar-refractivity contribution in [3.63, 3.8) is 0 Å². The van der Waals surface area contributed by atoms with E-state index in [9.17, 15) is 14.7 Å². The van der Waals surface area contributed by atoms with E-state index in [4.69, 9.17) is 9.47 Å². The highest BCUT2D eigenvalue weighted by molar-refractivity contribution is 6.07. The maximum absolute atomic E-state index is 12.8. The lowest BCUT2D eigenvalue weighted by Gasteiger charge is -2.27. The van der Waals surface area contributed by atoms with E-state index >= 15 is 0 Å². The Morgan fingerprint density at radius 3 is 2.78 bits per heavy atom. The van der Waals surface area contributed by atoms with Crippen LogP contribution in [-0.4, -0.2) is 55.0 Å². The van der Waals surface area contributed by atoms with Crippen molar-refractivity contribution in [2.45, 2.75) is 19.4 Å². The zero-order chi connectivity index (χ0) is 19.2. The van der Waals surface area contributed by atoms with Crippen LogP contribution < -0.4 is 5.32 Å². The molecule has 1 fully saturated rings. The first-order valence-corrected chi connectivity index (χ1v) is 9.27. The van der Waals surface area contributed by atoms with E-state index in [1.54, 1.807) is 7.11 Å². The van der Waals surface area contributed by atoms with Crippen LogP contribution in [0.3, 0.4) is 0 Å². The number of benzene rings is 1. The lowest BCUT2D eigenvalue weighted by atomic mass is 9.86. The number of ether oxygens (including phenoxy) is 2. The zero-order valence-electron chi connectivity index (χ0n) is 15.5. The van der Waals surface area contributed by atoms with Gasteiger partial charge in [-0.25, -0.2) is 0 Å². The van der Waals surface area contributed by atoms with E-state index < -0.39 is 11.9 Å². The Morgan fingerprint density at radius 1 is 1.33 bits per heavy atom. The number of hydrogen-bond acceptors (Lipinski definition) is 4. The normalized spacial score (nSPS) is 16.3. The van der Waals surface area contributed by atoms with Crippen molar-refractivity contribution < 1.29 is 24.2 Å². The first kappa shape index (κ1) is 19.4. The third-order valence-electron chi connectivity index (χ3n) is 5.20. The van der Waals surface area contributed by atoms with Crippen molar-refractivity contribution in [3.05, 3.63) is 36.0 Å². The molecule has 2 aromatic rings. The van der Waals surface area contributed by atoms with Gasteiger partial charge in [0.25, 0.3) is 5.91 Å². The molecule has 1 saturated heterocycles. The van der Waals surface area contributed by atoms with Crippen LogP contribution >= 0.6 is 0 Å². The highest BCUT2D eigenvalue weighted by atomic mass is 16.5. The van der Waals surface area contributed by atoms with Gasteiger partial charge in [0.15, 0.2) is 0 Å². The van der Waals surface area contributed by atoms with E-state index in [1.165, 1.54) is 0 Å². The fourth-order valence-electron chi connectivity index (χ4n) is 3.67. The van der Waals surface area contributed by atoms with Gasteiger partial charge >= 0.3 is 5.97 Å². The predicted octanol–water partition coefficient (Wildman–Crippen LogP) is 2.14. The Kier molecular flexibility index (Phi) is 6.47. The molecule has 0 spiro atoms.